The van der Waals surface area contributed by atoms with Crippen molar-refractivity contribution in [2.24, 2.45) is 5.73 Å². The van der Waals surface area contributed by atoms with Crippen LogP contribution in [0.25, 0.3) is 0 Å². The Morgan fingerprint density at radius 1 is 1.17 bits per heavy atom. The summed E-state index contributed by atoms with van der Waals surface area (Å²) in [6.07, 6.45) is 0. The minimum absolute atomic E-state index is 0.228. The predicted octanol–water partition coefficient (Wildman–Crippen LogP) is 0.859. The molecule has 0 radical (unpaired) electrons. The van der Waals surface area contributed by atoms with Gasteiger partial charge in [-0.05, 0) is 19.1 Å². The van der Waals surface area contributed by atoms with Gasteiger partial charge in [-0.15, -0.1) is 0 Å². The van der Waals surface area contributed by atoms with Gasteiger partial charge in [-0.3, -0.25) is 9.59 Å². The Morgan fingerprint density at radius 3 is 2.39 bits per heavy atom. The van der Waals surface area contributed by atoms with E-state index in [1.165, 1.54) is 12.1 Å². The van der Waals surface area contributed by atoms with Gasteiger partial charge in [0, 0.05) is 6.07 Å². The number of hydrogen-bond acceptors (Lipinski definition) is 7. The second kappa shape index (κ2) is 6.97. The topological polar surface area (TPSA) is 150 Å². The molecule has 1 aromatic heterocycles. The zero-order valence-corrected chi connectivity index (χ0v) is 13.1. The van der Waals surface area contributed by atoms with Crippen LogP contribution in [-0.4, -0.2) is 27.0 Å². The molecule has 0 fully saturated rings. The molecule has 2 rings (SSSR count). The van der Waals surface area contributed by atoms with E-state index in [1.54, 1.807) is 25.1 Å². The van der Waals surface area contributed by atoms with Crippen LogP contribution in [0.4, 0.5) is 17.3 Å². The number of anilines is 3. The van der Waals surface area contributed by atoms with E-state index < -0.39 is 11.2 Å². The van der Waals surface area contributed by atoms with Gasteiger partial charge in [0.05, 0.1) is 16.5 Å². The second-order valence-electron chi connectivity index (χ2n) is 4.66. The zero-order valence-electron chi connectivity index (χ0n) is 12.3. The van der Waals surface area contributed by atoms with Gasteiger partial charge in [-0.25, -0.2) is 9.97 Å². The summed E-state index contributed by atoms with van der Waals surface area (Å²) in [5.74, 6) is -0.486. The maximum atomic E-state index is 12.3. The van der Waals surface area contributed by atoms with Crippen molar-refractivity contribution in [2.75, 3.05) is 16.8 Å². The van der Waals surface area contributed by atoms with Crippen LogP contribution in [0.5, 0.6) is 0 Å². The number of aromatic nitrogens is 2. The quantitative estimate of drug-likeness (QED) is 0.468. The molecule has 2 aromatic rings. The molecule has 7 N–H and O–H groups in total. The SMILES string of the molecule is C[C@H](Sc1nc(N)cc(N)n1)C(=O)Nc1ccccc1C(N)=O. The number of primary amides is 1. The number of nitrogens with two attached hydrogens (primary N) is 3. The van der Waals surface area contributed by atoms with Crippen LogP contribution >= 0.6 is 11.8 Å². The molecule has 9 heteroatoms. The number of thioether (sulfide) groups is 1. The first-order chi connectivity index (χ1) is 10.9. The average Bonchev–Trinajstić information content (AvgIpc) is 2.46. The number of nitrogens with one attached hydrogen (secondary N) is 1. The lowest BCUT2D eigenvalue weighted by Gasteiger charge is -2.13. The van der Waals surface area contributed by atoms with E-state index in [9.17, 15) is 9.59 Å². The first-order valence-corrected chi connectivity index (χ1v) is 7.51. The Morgan fingerprint density at radius 2 is 1.78 bits per heavy atom. The molecule has 0 saturated heterocycles. The second-order valence-corrected chi connectivity index (χ2v) is 5.97. The van der Waals surface area contributed by atoms with Crippen LogP contribution in [0.1, 0.15) is 17.3 Å². The van der Waals surface area contributed by atoms with Crippen molar-refractivity contribution in [1.29, 1.82) is 0 Å². The number of amides is 2. The summed E-state index contributed by atoms with van der Waals surface area (Å²) in [7, 11) is 0. The van der Waals surface area contributed by atoms with Gasteiger partial charge in [-0.2, -0.15) is 0 Å². The minimum atomic E-state index is -0.617. The van der Waals surface area contributed by atoms with E-state index in [2.05, 4.69) is 15.3 Å². The summed E-state index contributed by atoms with van der Waals surface area (Å²) in [5, 5.41) is 2.43. The van der Waals surface area contributed by atoms with Crippen LogP contribution in [0.3, 0.4) is 0 Å². The Bertz CT molecular complexity index is 732. The lowest BCUT2D eigenvalue weighted by molar-refractivity contribution is -0.115. The van der Waals surface area contributed by atoms with Gasteiger partial charge in [0.2, 0.25) is 5.91 Å². The van der Waals surface area contributed by atoms with Crippen molar-refractivity contribution in [3.63, 3.8) is 0 Å². The third-order valence-corrected chi connectivity index (χ3v) is 3.81. The lowest BCUT2D eigenvalue weighted by Crippen LogP contribution is -2.25. The van der Waals surface area contributed by atoms with E-state index in [0.717, 1.165) is 11.8 Å². The predicted molar refractivity (Wildman–Crippen MR) is 89.8 cm³/mol. The summed E-state index contributed by atoms with van der Waals surface area (Å²) in [6, 6.07) is 7.93. The molecule has 0 aliphatic carbocycles. The molecule has 2 amide bonds. The van der Waals surface area contributed by atoms with Gasteiger partial charge in [-0.1, -0.05) is 23.9 Å². The molecule has 0 aliphatic heterocycles. The number of hydrogen-bond donors (Lipinski definition) is 4. The summed E-state index contributed by atoms with van der Waals surface area (Å²) < 4.78 is 0. The van der Waals surface area contributed by atoms with E-state index in [1.807, 2.05) is 0 Å². The highest BCUT2D eigenvalue weighted by molar-refractivity contribution is 8.00. The third-order valence-electron chi connectivity index (χ3n) is 2.85. The van der Waals surface area contributed by atoms with E-state index in [0.29, 0.717) is 10.8 Å². The Balaban J connectivity index is 2.10. The molecular weight excluding hydrogens is 316 g/mol. The fourth-order valence-electron chi connectivity index (χ4n) is 1.77. The fraction of sp³-hybridized carbons (Fsp3) is 0.143. The zero-order chi connectivity index (χ0) is 17.0. The summed E-state index contributed by atoms with van der Waals surface area (Å²) in [5.41, 5.74) is 17.1. The van der Waals surface area contributed by atoms with Crippen molar-refractivity contribution >= 4 is 40.9 Å². The van der Waals surface area contributed by atoms with Crippen LogP contribution in [0, 0.1) is 0 Å². The number of carbonyl (C=O) groups is 2. The molecule has 0 unspecified atom stereocenters. The van der Waals surface area contributed by atoms with Crippen LogP contribution in [0.2, 0.25) is 0 Å². The van der Waals surface area contributed by atoms with Crippen molar-refractivity contribution in [3.8, 4) is 0 Å². The minimum Gasteiger partial charge on any atom is -0.383 e. The third kappa shape index (κ3) is 4.33. The molecule has 1 heterocycles. The number of nitrogen functional groups attached to an aromatic ring is 2. The molecule has 0 aliphatic rings. The number of benzene rings is 1. The average molecular weight is 332 g/mol. The summed E-state index contributed by atoms with van der Waals surface area (Å²) in [6.45, 7) is 1.68. The Labute approximate surface area is 136 Å². The molecular formula is C14H16N6O2S. The maximum absolute atomic E-state index is 12.3. The van der Waals surface area contributed by atoms with E-state index in [-0.39, 0.29) is 23.1 Å². The number of rotatable bonds is 5. The summed E-state index contributed by atoms with van der Waals surface area (Å²) >= 11 is 1.10. The van der Waals surface area contributed by atoms with Gasteiger partial charge in [0.15, 0.2) is 5.16 Å². The lowest BCUT2D eigenvalue weighted by atomic mass is 10.1. The van der Waals surface area contributed by atoms with Gasteiger partial charge in [0.1, 0.15) is 11.6 Å². The maximum Gasteiger partial charge on any atom is 0.250 e. The number of carbonyl (C=O) groups excluding carboxylic acids is 2. The van der Waals surface area contributed by atoms with E-state index in [4.69, 9.17) is 17.2 Å². The van der Waals surface area contributed by atoms with Gasteiger partial charge < -0.3 is 22.5 Å². The molecule has 8 nitrogen and oxygen atoms in total. The van der Waals surface area contributed by atoms with Gasteiger partial charge in [0.25, 0.3) is 5.91 Å². The molecule has 0 saturated carbocycles. The van der Waals surface area contributed by atoms with Crippen molar-refractivity contribution in [3.05, 3.63) is 35.9 Å². The molecule has 120 valence electrons. The van der Waals surface area contributed by atoms with Gasteiger partial charge >= 0.3 is 0 Å². The van der Waals surface area contributed by atoms with Crippen molar-refractivity contribution in [2.45, 2.75) is 17.3 Å². The smallest absolute Gasteiger partial charge is 0.250 e. The Hall–Kier alpha value is -2.81. The standard InChI is InChI=1S/C14H16N6O2S/c1-7(23-14-19-10(15)6-11(16)20-14)13(22)18-9-5-3-2-4-8(9)12(17)21/h2-7H,1H3,(H2,17,21)(H,18,22)(H4,15,16,19,20)/t7-/m0/s1. The van der Waals surface area contributed by atoms with Crippen molar-refractivity contribution in [1.82, 2.24) is 9.97 Å². The highest BCUT2D eigenvalue weighted by atomic mass is 32.2. The largest absolute Gasteiger partial charge is 0.383 e. The van der Waals surface area contributed by atoms with Crippen LogP contribution in [-0.2, 0) is 4.79 Å². The summed E-state index contributed by atoms with van der Waals surface area (Å²) in [4.78, 5) is 31.6. The molecule has 0 bridgehead atoms. The molecule has 0 spiro atoms. The molecule has 1 atom stereocenters. The fourth-order valence-corrected chi connectivity index (χ4v) is 2.57. The monoisotopic (exact) mass is 332 g/mol. The first kappa shape index (κ1) is 16.6. The number of nitrogens with zero attached hydrogens (tertiary/aromatic N) is 2. The normalized spacial score (nSPS) is 11.7. The Kier molecular flexibility index (Phi) is 5.02. The number of para-hydroxylation sites is 1. The van der Waals surface area contributed by atoms with Crippen LogP contribution in [0.15, 0.2) is 35.5 Å². The van der Waals surface area contributed by atoms with Crippen molar-refractivity contribution < 1.29 is 9.59 Å². The highest BCUT2D eigenvalue weighted by Crippen LogP contribution is 2.23. The first-order valence-electron chi connectivity index (χ1n) is 6.63. The highest BCUT2D eigenvalue weighted by Gasteiger charge is 2.18. The molecule has 1 aromatic carbocycles. The van der Waals surface area contributed by atoms with Crippen LogP contribution < -0.4 is 22.5 Å². The molecule has 23 heavy (non-hydrogen) atoms. The van der Waals surface area contributed by atoms with E-state index >= 15 is 0 Å².